The van der Waals surface area contributed by atoms with Crippen molar-refractivity contribution in [2.24, 2.45) is 0 Å². The minimum absolute atomic E-state index is 0.0160. The van der Waals surface area contributed by atoms with Crippen LogP contribution in [0.1, 0.15) is 54.5 Å². The van der Waals surface area contributed by atoms with Crippen molar-refractivity contribution in [3.05, 3.63) is 83.2 Å². The molecule has 4 rings (SSSR count). The Bertz CT molecular complexity index is 1030. The molecule has 2 unspecified atom stereocenters. The average Bonchev–Trinajstić information content (AvgIpc) is 3.23. The second kappa shape index (κ2) is 8.56. The van der Waals surface area contributed by atoms with E-state index in [-0.39, 0.29) is 17.9 Å². The standard InChI is InChI=1S/C24H27FN4S/c1-4-5-14-28-23(22(27-24(28)30)21-8-6-7-13-26-21)20-15-16(2)29(17(20)3)19-11-9-18(25)10-12-19/h6-13,15,22-23H,4-5,14H2,1-3H3,(H,27,30). The molecule has 1 N–H and O–H groups in total. The zero-order valence-corrected chi connectivity index (χ0v) is 18.4. The van der Waals surface area contributed by atoms with Crippen LogP contribution >= 0.6 is 12.2 Å². The van der Waals surface area contributed by atoms with Crippen LogP contribution < -0.4 is 5.32 Å². The van der Waals surface area contributed by atoms with E-state index in [1.165, 1.54) is 17.7 Å². The van der Waals surface area contributed by atoms with Gasteiger partial charge in [0, 0.05) is 29.8 Å². The van der Waals surface area contributed by atoms with Crippen LogP contribution in [0.3, 0.4) is 0 Å². The first-order chi connectivity index (χ1) is 14.5. The highest BCUT2D eigenvalue weighted by molar-refractivity contribution is 7.80. The first kappa shape index (κ1) is 20.5. The molecule has 3 aromatic rings. The van der Waals surface area contributed by atoms with Gasteiger partial charge in [-0.1, -0.05) is 19.4 Å². The normalized spacial score (nSPS) is 18.7. The zero-order chi connectivity index (χ0) is 21.3. The predicted octanol–water partition coefficient (Wildman–Crippen LogP) is 5.40. The number of hydrogen-bond acceptors (Lipinski definition) is 2. The molecule has 4 nitrogen and oxygen atoms in total. The van der Waals surface area contributed by atoms with Crippen LogP contribution in [0.5, 0.6) is 0 Å². The van der Waals surface area contributed by atoms with E-state index in [1.807, 2.05) is 30.5 Å². The fourth-order valence-electron chi connectivity index (χ4n) is 4.39. The van der Waals surface area contributed by atoms with Gasteiger partial charge in [-0.3, -0.25) is 4.98 Å². The topological polar surface area (TPSA) is 33.1 Å². The lowest BCUT2D eigenvalue weighted by Crippen LogP contribution is -2.30. The molecule has 0 spiro atoms. The smallest absolute Gasteiger partial charge is 0.170 e. The predicted molar refractivity (Wildman–Crippen MR) is 122 cm³/mol. The van der Waals surface area contributed by atoms with E-state index in [2.05, 4.69) is 52.7 Å². The summed E-state index contributed by atoms with van der Waals surface area (Å²) in [6.45, 7) is 7.31. The summed E-state index contributed by atoms with van der Waals surface area (Å²) in [7, 11) is 0. The maximum absolute atomic E-state index is 13.5. The molecule has 0 bridgehead atoms. The number of benzene rings is 1. The van der Waals surface area contributed by atoms with Crippen LogP contribution in [0.25, 0.3) is 5.69 Å². The van der Waals surface area contributed by atoms with Crippen LogP contribution in [-0.2, 0) is 0 Å². The van der Waals surface area contributed by atoms with E-state index >= 15 is 0 Å². The van der Waals surface area contributed by atoms with Crippen molar-refractivity contribution in [2.75, 3.05) is 6.54 Å². The zero-order valence-electron chi connectivity index (χ0n) is 17.6. The Morgan fingerprint density at radius 2 is 1.90 bits per heavy atom. The lowest BCUT2D eigenvalue weighted by Gasteiger charge is -2.28. The summed E-state index contributed by atoms with van der Waals surface area (Å²) in [4.78, 5) is 6.92. The number of halogens is 1. The van der Waals surface area contributed by atoms with Crippen LogP contribution in [-0.4, -0.2) is 26.1 Å². The van der Waals surface area contributed by atoms with Gasteiger partial charge >= 0.3 is 0 Å². The lowest BCUT2D eigenvalue weighted by atomic mass is 9.96. The molecule has 1 aliphatic rings. The van der Waals surface area contributed by atoms with Gasteiger partial charge in [0.05, 0.1) is 17.8 Å². The summed E-state index contributed by atoms with van der Waals surface area (Å²) in [5, 5.41) is 4.29. The Hall–Kier alpha value is -2.73. The van der Waals surface area contributed by atoms with E-state index in [4.69, 9.17) is 12.2 Å². The van der Waals surface area contributed by atoms with Crippen LogP contribution in [0, 0.1) is 19.7 Å². The second-order valence-corrected chi connectivity index (χ2v) is 8.20. The Labute approximate surface area is 182 Å². The van der Waals surface area contributed by atoms with Crippen LogP contribution in [0.4, 0.5) is 4.39 Å². The lowest BCUT2D eigenvalue weighted by molar-refractivity contribution is 0.312. The van der Waals surface area contributed by atoms with Crippen molar-refractivity contribution in [3.8, 4) is 5.69 Å². The molecule has 6 heteroatoms. The number of nitrogens with zero attached hydrogens (tertiary/aromatic N) is 3. The third kappa shape index (κ3) is 3.72. The van der Waals surface area contributed by atoms with Crippen molar-refractivity contribution < 1.29 is 4.39 Å². The van der Waals surface area contributed by atoms with E-state index in [0.29, 0.717) is 0 Å². The average molecular weight is 423 g/mol. The highest BCUT2D eigenvalue weighted by Gasteiger charge is 2.41. The first-order valence-electron chi connectivity index (χ1n) is 10.4. The fraction of sp³-hybridized carbons (Fsp3) is 0.333. The molecular formula is C24H27FN4S. The number of aryl methyl sites for hydroxylation is 1. The van der Waals surface area contributed by atoms with Gasteiger partial charge in [-0.25, -0.2) is 4.39 Å². The Kier molecular flexibility index (Phi) is 5.86. The molecule has 1 saturated heterocycles. The second-order valence-electron chi connectivity index (χ2n) is 7.81. The van der Waals surface area contributed by atoms with E-state index in [9.17, 15) is 4.39 Å². The Morgan fingerprint density at radius 3 is 2.57 bits per heavy atom. The summed E-state index contributed by atoms with van der Waals surface area (Å²) in [6.07, 6.45) is 4.01. The monoisotopic (exact) mass is 422 g/mol. The van der Waals surface area contributed by atoms with Gasteiger partial charge in [0.25, 0.3) is 0 Å². The number of thiocarbonyl (C=S) groups is 1. The third-order valence-corrected chi connectivity index (χ3v) is 6.18. The number of nitrogens with one attached hydrogen (secondary N) is 1. The summed E-state index contributed by atoms with van der Waals surface area (Å²) in [5.74, 6) is -0.229. The van der Waals surface area contributed by atoms with Gasteiger partial charge in [0.1, 0.15) is 5.82 Å². The van der Waals surface area contributed by atoms with Gasteiger partial charge in [-0.05, 0) is 80.5 Å². The summed E-state index contributed by atoms with van der Waals surface area (Å²) in [6, 6.07) is 14.9. The molecule has 2 atom stereocenters. The van der Waals surface area contributed by atoms with Gasteiger partial charge in [0.2, 0.25) is 0 Å². The van der Waals surface area contributed by atoms with Crippen LogP contribution in [0.2, 0.25) is 0 Å². The molecule has 0 amide bonds. The van der Waals surface area contributed by atoms with E-state index in [1.54, 1.807) is 0 Å². The summed E-state index contributed by atoms with van der Waals surface area (Å²) >= 11 is 5.74. The highest BCUT2D eigenvalue weighted by atomic mass is 32.1. The largest absolute Gasteiger partial charge is 0.352 e. The number of hydrogen-bond donors (Lipinski definition) is 1. The van der Waals surface area contributed by atoms with Crippen molar-refractivity contribution in [1.82, 2.24) is 19.8 Å². The molecule has 1 aliphatic heterocycles. The fourth-order valence-corrected chi connectivity index (χ4v) is 4.72. The Balaban J connectivity index is 1.81. The molecule has 30 heavy (non-hydrogen) atoms. The number of unbranched alkanes of at least 4 members (excludes halogenated alkanes) is 1. The molecule has 0 aliphatic carbocycles. The quantitative estimate of drug-likeness (QED) is 0.539. The molecule has 3 heterocycles. The van der Waals surface area contributed by atoms with Gasteiger partial charge < -0.3 is 14.8 Å². The molecule has 156 valence electrons. The van der Waals surface area contributed by atoms with E-state index in [0.717, 1.165) is 47.3 Å². The van der Waals surface area contributed by atoms with Crippen molar-refractivity contribution in [3.63, 3.8) is 0 Å². The molecule has 1 aromatic carbocycles. The Morgan fingerprint density at radius 1 is 1.13 bits per heavy atom. The minimum atomic E-state index is -0.229. The number of aromatic nitrogens is 2. The maximum atomic E-state index is 13.5. The third-order valence-electron chi connectivity index (χ3n) is 5.82. The van der Waals surface area contributed by atoms with Crippen molar-refractivity contribution in [2.45, 2.75) is 45.7 Å². The van der Waals surface area contributed by atoms with Gasteiger partial charge in [-0.15, -0.1) is 0 Å². The summed E-state index contributed by atoms with van der Waals surface area (Å²) < 4.78 is 15.6. The SMILES string of the molecule is CCCCN1C(=S)NC(c2ccccn2)C1c1cc(C)n(-c2ccc(F)cc2)c1C. The van der Waals surface area contributed by atoms with Gasteiger partial charge in [0.15, 0.2) is 5.11 Å². The van der Waals surface area contributed by atoms with Crippen molar-refractivity contribution in [1.29, 1.82) is 0 Å². The van der Waals surface area contributed by atoms with Crippen LogP contribution in [0.15, 0.2) is 54.7 Å². The molecule has 1 fully saturated rings. The molecular weight excluding hydrogens is 395 g/mol. The van der Waals surface area contributed by atoms with E-state index < -0.39 is 0 Å². The molecule has 0 radical (unpaired) electrons. The minimum Gasteiger partial charge on any atom is -0.352 e. The number of pyridine rings is 1. The summed E-state index contributed by atoms with van der Waals surface area (Å²) in [5.41, 5.74) is 5.41. The highest BCUT2D eigenvalue weighted by Crippen LogP contribution is 2.41. The molecule has 2 aromatic heterocycles. The maximum Gasteiger partial charge on any atom is 0.170 e. The van der Waals surface area contributed by atoms with Crippen molar-refractivity contribution >= 4 is 17.3 Å². The number of rotatable bonds is 6. The van der Waals surface area contributed by atoms with Gasteiger partial charge in [-0.2, -0.15) is 0 Å². The first-order valence-corrected chi connectivity index (χ1v) is 10.8. The molecule has 0 saturated carbocycles.